The second-order valence-electron chi connectivity index (χ2n) is 6.24. The minimum Gasteiger partial charge on any atom is -0.337 e. The molecule has 0 aromatic carbocycles. The molecule has 1 unspecified atom stereocenters. The van der Waals surface area contributed by atoms with Gasteiger partial charge in [-0.2, -0.15) is 5.10 Å². The lowest BCUT2D eigenvalue weighted by atomic mass is 9.94. The maximum Gasteiger partial charge on any atom is 0.236 e. The Morgan fingerprint density at radius 3 is 2.79 bits per heavy atom. The van der Waals surface area contributed by atoms with Crippen molar-refractivity contribution in [2.45, 2.75) is 39.3 Å². The molecule has 2 aromatic rings. The van der Waals surface area contributed by atoms with Crippen molar-refractivity contribution in [3.8, 4) is 0 Å². The molecular weight excluding hydrogens is 306 g/mol. The molecule has 3 heterocycles. The SMILES string of the molecule is CC(=O)N1Cc2cccnc2C(C(=O)Nc2ccnn2C(C)C)C1. The van der Waals surface area contributed by atoms with Gasteiger partial charge in [-0.1, -0.05) is 6.07 Å². The number of rotatable bonds is 3. The molecule has 2 amide bonds. The molecule has 1 aliphatic heterocycles. The van der Waals surface area contributed by atoms with Crippen LogP contribution in [0.2, 0.25) is 0 Å². The van der Waals surface area contributed by atoms with Gasteiger partial charge in [-0.3, -0.25) is 14.6 Å². The van der Waals surface area contributed by atoms with Crippen LogP contribution >= 0.6 is 0 Å². The first kappa shape index (κ1) is 16.2. The Morgan fingerprint density at radius 1 is 1.29 bits per heavy atom. The van der Waals surface area contributed by atoms with Crippen LogP contribution in [0.3, 0.4) is 0 Å². The third kappa shape index (κ3) is 3.02. The molecule has 7 heteroatoms. The average Bonchev–Trinajstić information content (AvgIpc) is 3.02. The van der Waals surface area contributed by atoms with E-state index in [1.54, 1.807) is 28.0 Å². The van der Waals surface area contributed by atoms with Gasteiger partial charge in [0.25, 0.3) is 0 Å². The van der Waals surface area contributed by atoms with Crippen LogP contribution < -0.4 is 5.32 Å². The number of carbonyl (C=O) groups excluding carboxylic acids is 2. The topological polar surface area (TPSA) is 80.1 Å². The van der Waals surface area contributed by atoms with E-state index in [1.807, 2.05) is 26.0 Å². The quantitative estimate of drug-likeness (QED) is 0.934. The van der Waals surface area contributed by atoms with Gasteiger partial charge in [0.15, 0.2) is 0 Å². The van der Waals surface area contributed by atoms with E-state index in [4.69, 9.17) is 0 Å². The molecule has 0 aliphatic carbocycles. The molecule has 1 atom stereocenters. The van der Waals surface area contributed by atoms with E-state index in [0.717, 1.165) is 11.3 Å². The average molecular weight is 327 g/mol. The molecule has 7 nitrogen and oxygen atoms in total. The van der Waals surface area contributed by atoms with Crippen LogP contribution in [0.1, 0.15) is 44.0 Å². The smallest absolute Gasteiger partial charge is 0.236 e. The number of nitrogens with zero attached hydrogens (tertiary/aromatic N) is 4. The first-order chi connectivity index (χ1) is 11.5. The summed E-state index contributed by atoms with van der Waals surface area (Å²) in [7, 11) is 0. The lowest BCUT2D eigenvalue weighted by molar-refractivity contribution is -0.131. The van der Waals surface area contributed by atoms with E-state index in [-0.39, 0.29) is 17.9 Å². The number of carbonyl (C=O) groups is 2. The maximum absolute atomic E-state index is 12.8. The van der Waals surface area contributed by atoms with Crippen molar-refractivity contribution >= 4 is 17.6 Å². The molecule has 0 bridgehead atoms. The Hall–Kier alpha value is -2.70. The standard InChI is InChI=1S/C17H21N5O2/c1-11(2)22-15(6-8-19-22)20-17(24)14-10-21(12(3)23)9-13-5-4-7-18-16(13)14/h4-8,11,14H,9-10H2,1-3H3,(H,20,24). The van der Waals surface area contributed by atoms with Crippen molar-refractivity contribution in [3.05, 3.63) is 41.9 Å². The van der Waals surface area contributed by atoms with Gasteiger partial charge < -0.3 is 10.2 Å². The molecule has 0 saturated heterocycles. The first-order valence-electron chi connectivity index (χ1n) is 8.01. The van der Waals surface area contributed by atoms with Gasteiger partial charge >= 0.3 is 0 Å². The van der Waals surface area contributed by atoms with Gasteiger partial charge in [-0.15, -0.1) is 0 Å². The number of pyridine rings is 1. The summed E-state index contributed by atoms with van der Waals surface area (Å²) >= 11 is 0. The maximum atomic E-state index is 12.8. The molecule has 2 aromatic heterocycles. The molecule has 126 valence electrons. The predicted octanol–water partition coefficient (Wildman–Crippen LogP) is 1.94. The molecule has 1 aliphatic rings. The Morgan fingerprint density at radius 2 is 2.08 bits per heavy atom. The molecule has 24 heavy (non-hydrogen) atoms. The van der Waals surface area contributed by atoms with Gasteiger partial charge in [-0.05, 0) is 25.5 Å². The highest BCUT2D eigenvalue weighted by molar-refractivity contribution is 5.96. The molecule has 0 radical (unpaired) electrons. The fourth-order valence-electron chi connectivity index (χ4n) is 2.96. The van der Waals surface area contributed by atoms with Gasteiger partial charge in [0.2, 0.25) is 11.8 Å². The fourth-order valence-corrected chi connectivity index (χ4v) is 2.96. The van der Waals surface area contributed by atoms with Crippen LogP contribution in [-0.2, 0) is 16.1 Å². The van der Waals surface area contributed by atoms with E-state index in [9.17, 15) is 9.59 Å². The zero-order chi connectivity index (χ0) is 17.3. The summed E-state index contributed by atoms with van der Waals surface area (Å²) in [4.78, 5) is 30.7. The minimum absolute atomic E-state index is 0.0467. The number of anilines is 1. The summed E-state index contributed by atoms with van der Waals surface area (Å²) in [5.74, 6) is -0.0698. The highest BCUT2D eigenvalue weighted by atomic mass is 16.2. The molecular formula is C17H21N5O2. The highest BCUT2D eigenvalue weighted by Gasteiger charge is 2.33. The summed E-state index contributed by atoms with van der Waals surface area (Å²) in [5, 5.41) is 7.15. The lowest BCUT2D eigenvalue weighted by Gasteiger charge is -2.32. The fraction of sp³-hybridized carbons (Fsp3) is 0.412. The number of aromatic nitrogens is 3. The summed E-state index contributed by atoms with van der Waals surface area (Å²) < 4.78 is 1.75. The van der Waals surface area contributed by atoms with Crippen LogP contribution in [0.4, 0.5) is 5.82 Å². The van der Waals surface area contributed by atoms with E-state index >= 15 is 0 Å². The summed E-state index contributed by atoms with van der Waals surface area (Å²) in [6.45, 7) is 6.34. The van der Waals surface area contributed by atoms with Crippen molar-refractivity contribution in [1.29, 1.82) is 0 Å². The van der Waals surface area contributed by atoms with E-state index in [0.29, 0.717) is 18.9 Å². The van der Waals surface area contributed by atoms with Crippen LogP contribution in [0.5, 0.6) is 0 Å². The Balaban J connectivity index is 1.88. The minimum atomic E-state index is -0.491. The number of nitrogens with one attached hydrogen (secondary N) is 1. The van der Waals surface area contributed by atoms with E-state index in [2.05, 4.69) is 15.4 Å². The number of amides is 2. The van der Waals surface area contributed by atoms with Crippen LogP contribution in [-0.4, -0.2) is 38.0 Å². The Labute approximate surface area is 140 Å². The van der Waals surface area contributed by atoms with Crippen molar-refractivity contribution < 1.29 is 9.59 Å². The van der Waals surface area contributed by atoms with E-state index in [1.165, 1.54) is 6.92 Å². The lowest BCUT2D eigenvalue weighted by Crippen LogP contribution is -2.41. The second-order valence-corrected chi connectivity index (χ2v) is 6.24. The predicted molar refractivity (Wildman–Crippen MR) is 89.3 cm³/mol. The van der Waals surface area contributed by atoms with Crippen molar-refractivity contribution in [3.63, 3.8) is 0 Å². The number of fused-ring (bicyclic) bond motifs is 1. The first-order valence-corrected chi connectivity index (χ1v) is 8.01. The molecule has 0 saturated carbocycles. The number of hydrogen-bond acceptors (Lipinski definition) is 4. The third-order valence-corrected chi connectivity index (χ3v) is 4.19. The molecule has 1 N–H and O–H groups in total. The van der Waals surface area contributed by atoms with Gasteiger partial charge in [0.05, 0.1) is 17.8 Å². The molecule has 0 fully saturated rings. The largest absolute Gasteiger partial charge is 0.337 e. The Kier molecular flexibility index (Phi) is 4.33. The second kappa shape index (κ2) is 6.43. The number of hydrogen-bond donors (Lipinski definition) is 1. The zero-order valence-corrected chi connectivity index (χ0v) is 14.1. The summed E-state index contributed by atoms with van der Waals surface area (Å²) in [6.07, 6.45) is 3.34. The zero-order valence-electron chi connectivity index (χ0n) is 14.1. The summed E-state index contributed by atoms with van der Waals surface area (Å²) in [5.41, 5.74) is 1.65. The Bertz CT molecular complexity index is 768. The van der Waals surface area contributed by atoms with Gasteiger partial charge in [-0.25, -0.2) is 4.68 Å². The van der Waals surface area contributed by atoms with Crippen LogP contribution in [0.25, 0.3) is 0 Å². The van der Waals surface area contributed by atoms with Crippen molar-refractivity contribution in [2.24, 2.45) is 0 Å². The normalized spacial score (nSPS) is 16.8. The van der Waals surface area contributed by atoms with Gasteiger partial charge in [0.1, 0.15) is 5.82 Å². The van der Waals surface area contributed by atoms with Crippen molar-refractivity contribution in [1.82, 2.24) is 19.7 Å². The van der Waals surface area contributed by atoms with Gasteiger partial charge in [0, 0.05) is 38.3 Å². The summed E-state index contributed by atoms with van der Waals surface area (Å²) in [6, 6.07) is 5.64. The van der Waals surface area contributed by atoms with Crippen LogP contribution in [0, 0.1) is 0 Å². The monoisotopic (exact) mass is 327 g/mol. The van der Waals surface area contributed by atoms with E-state index < -0.39 is 5.92 Å². The molecule has 0 spiro atoms. The highest BCUT2D eigenvalue weighted by Crippen LogP contribution is 2.28. The third-order valence-electron chi connectivity index (χ3n) is 4.19. The van der Waals surface area contributed by atoms with Crippen molar-refractivity contribution in [2.75, 3.05) is 11.9 Å². The molecule has 3 rings (SSSR count). The van der Waals surface area contributed by atoms with Crippen LogP contribution in [0.15, 0.2) is 30.6 Å².